The van der Waals surface area contributed by atoms with Crippen LogP contribution < -0.4 is 5.32 Å². The molecule has 0 radical (unpaired) electrons. The Bertz CT molecular complexity index is 301. The van der Waals surface area contributed by atoms with Gasteiger partial charge in [0.25, 0.3) is 0 Å². The number of nitrogens with one attached hydrogen (secondary N) is 1. The summed E-state index contributed by atoms with van der Waals surface area (Å²) in [5.74, 6) is 1.89. The molecule has 1 aromatic heterocycles. The maximum atomic E-state index is 3.57. The van der Waals surface area contributed by atoms with Gasteiger partial charge < -0.3 is 5.32 Å². The van der Waals surface area contributed by atoms with Crippen molar-refractivity contribution in [2.45, 2.75) is 39.7 Å². The first-order valence-corrected chi connectivity index (χ1v) is 6.89. The molecule has 0 aromatic carbocycles. The van der Waals surface area contributed by atoms with Crippen molar-refractivity contribution in [3.8, 4) is 0 Å². The number of thiophene rings is 1. The van der Waals surface area contributed by atoms with Crippen LogP contribution >= 0.6 is 11.3 Å². The third-order valence-electron chi connectivity index (χ3n) is 3.26. The van der Waals surface area contributed by atoms with Crippen molar-refractivity contribution < 1.29 is 0 Å². The average Bonchev–Trinajstić information content (AvgIpc) is 2.99. The Labute approximate surface area is 96.9 Å². The van der Waals surface area contributed by atoms with E-state index in [0.29, 0.717) is 0 Å². The third-order valence-corrected chi connectivity index (χ3v) is 4.49. The lowest BCUT2D eigenvalue weighted by molar-refractivity contribution is 0.463. The maximum absolute atomic E-state index is 3.57. The molecule has 0 spiro atoms. The predicted molar refractivity (Wildman–Crippen MR) is 67.3 cm³/mol. The molecule has 0 aliphatic heterocycles. The van der Waals surface area contributed by atoms with Crippen molar-refractivity contribution in [3.05, 3.63) is 21.9 Å². The van der Waals surface area contributed by atoms with Gasteiger partial charge in [0.05, 0.1) is 0 Å². The van der Waals surface area contributed by atoms with E-state index in [1.165, 1.54) is 35.6 Å². The molecule has 84 valence electrons. The Balaban J connectivity index is 1.68. The first-order chi connectivity index (χ1) is 7.29. The first-order valence-electron chi connectivity index (χ1n) is 6.08. The van der Waals surface area contributed by atoms with Gasteiger partial charge in [0.2, 0.25) is 0 Å². The molecule has 2 rings (SSSR count). The highest BCUT2D eigenvalue weighted by Crippen LogP contribution is 2.36. The van der Waals surface area contributed by atoms with E-state index in [2.05, 4.69) is 31.3 Å². The summed E-state index contributed by atoms with van der Waals surface area (Å²) in [6.45, 7) is 6.83. The van der Waals surface area contributed by atoms with E-state index in [9.17, 15) is 0 Å². The largest absolute Gasteiger partial charge is 0.312 e. The van der Waals surface area contributed by atoms with Crippen LogP contribution in [0.1, 0.15) is 36.4 Å². The van der Waals surface area contributed by atoms with Crippen LogP contribution in [0.4, 0.5) is 0 Å². The van der Waals surface area contributed by atoms with Gasteiger partial charge in [0.15, 0.2) is 0 Å². The van der Waals surface area contributed by atoms with E-state index in [1.54, 1.807) is 0 Å². The van der Waals surface area contributed by atoms with Gasteiger partial charge in [0.1, 0.15) is 0 Å². The molecule has 15 heavy (non-hydrogen) atoms. The molecule has 1 unspecified atom stereocenters. The lowest BCUT2D eigenvalue weighted by atomic mass is 10.1. The molecule has 1 aliphatic rings. The van der Waals surface area contributed by atoms with Gasteiger partial charge >= 0.3 is 0 Å². The van der Waals surface area contributed by atoms with Crippen molar-refractivity contribution in [1.82, 2.24) is 5.32 Å². The summed E-state index contributed by atoms with van der Waals surface area (Å²) < 4.78 is 0. The summed E-state index contributed by atoms with van der Waals surface area (Å²) >= 11 is 1.95. The molecule has 2 heteroatoms. The molecule has 0 saturated heterocycles. The van der Waals surface area contributed by atoms with E-state index >= 15 is 0 Å². The highest BCUT2D eigenvalue weighted by molar-refractivity contribution is 7.11. The summed E-state index contributed by atoms with van der Waals surface area (Å²) in [7, 11) is 0. The summed E-state index contributed by atoms with van der Waals surface area (Å²) in [4.78, 5) is 2.98. The SMILES string of the molecule is CCc1ccc(CNCC(C)C2CC2)s1. The lowest BCUT2D eigenvalue weighted by Gasteiger charge is -2.10. The Kier molecular flexibility index (Phi) is 3.81. The van der Waals surface area contributed by atoms with Crippen LogP contribution in [0.5, 0.6) is 0 Å². The van der Waals surface area contributed by atoms with E-state index in [1.807, 2.05) is 11.3 Å². The van der Waals surface area contributed by atoms with Crippen molar-refractivity contribution in [2.24, 2.45) is 11.8 Å². The van der Waals surface area contributed by atoms with Gasteiger partial charge in [0, 0.05) is 16.3 Å². The van der Waals surface area contributed by atoms with Gasteiger partial charge in [-0.25, -0.2) is 0 Å². The topological polar surface area (TPSA) is 12.0 Å². The summed E-state index contributed by atoms with van der Waals surface area (Å²) in [5.41, 5.74) is 0. The maximum Gasteiger partial charge on any atom is 0.0299 e. The van der Waals surface area contributed by atoms with Crippen LogP contribution in [-0.2, 0) is 13.0 Å². The minimum atomic E-state index is 0.871. The van der Waals surface area contributed by atoms with Crippen LogP contribution in [0, 0.1) is 11.8 Å². The molecule has 1 heterocycles. The quantitative estimate of drug-likeness (QED) is 0.779. The van der Waals surface area contributed by atoms with Crippen LogP contribution in [-0.4, -0.2) is 6.54 Å². The molecule has 1 aliphatic carbocycles. The monoisotopic (exact) mass is 223 g/mol. The van der Waals surface area contributed by atoms with Crippen molar-refractivity contribution in [3.63, 3.8) is 0 Å². The van der Waals surface area contributed by atoms with Crippen molar-refractivity contribution >= 4 is 11.3 Å². The molecule has 1 N–H and O–H groups in total. The van der Waals surface area contributed by atoms with Gasteiger partial charge in [-0.05, 0) is 49.8 Å². The zero-order valence-electron chi connectivity index (χ0n) is 9.75. The highest BCUT2D eigenvalue weighted by Gasteiger charge is 2.27. The van der Waals surface area contributed by atoms with E-state index in [0.717, 1.165) is 18.4 Å². The standard InChI is InChI=1S/C13H21NS/c1-3-12-6-7-13(15-12)9-14-8-10(2)11-4-5-11/h6-7,10-11,14H,3-5,8-9H2,1-2H3. The number of hydrogen-bond donors (Lipinski definition) is 1. The molecule has 1 atom stereocenters. The second kappa shape index (κ2) is 5.13. The Hall–Kier alpha value is -0.340. The van der Waals surface area contributed by atoms with E-state index in [-0.39, 0.29) is 0 Å². The first kappa shape index (κ1) is 11.2. The third kappa shape index (κ3) is 3.32. The van der Waals surface area contributed by atoms with Crippen molar-refractivity contribution in [1.29, 1.82) is 0 Å². The van der Waals surface area contributed by atoms with Gasteiger partial charge in [-0.15, -0.1) is 11.3 Å². The fourth-order valence-corrected chi connectivity index (χ4v) is 2.89. The Morgan fingerprint density at radius 3 is 2.73 bits per heavy atom. The number of aryl methyl sites for hydroxylation is 1. The molecule has 1 saturated carbocycles. The molecule has 0 amide bonds. The van der Waals surface area contributed by atoms with Crippen LogP contribution in [0.25, 0.3) is 0 Å². The second-order valence-corrected chi connectivity index (χ2v) is 5.92. The summed E-state index contributed by atoms with van der Waals surface area (Å²) in [6.07, 6.45) is 4.09. The minimum absolute atomic E-state index is 0.871. The van der Waals surface area contributed by atoms with E-state index in [4.69, 9.17) is 0 Å². The zero-order valence-corrected chi connectivity index (χ0v) is 10.6. The lowest BCUT2D eigenvalue weighted by Crippen LogP contribution is -2.21. The van der Waals surface area contributed by atoms with Gasteiger partial charge in [-0.3, -0.25) is 0 Å². The molecule has 1 nitrogen and oxygen atoms in total. The predicted octanol–water partition coefficient (Wildman–Crippen LogP) is 3.45. The van der Waals surface area contributed by atoms with Gasteiger partial charge in [-0.1, -0.05) is 13.8 Å². The Morgan fingerprint density at radius 2 is 2.13 bits per heavy atom. The fourth-order valence-electron chi connectivity index (χ4n) is 1.96. The molecule has 1 fully saturated rings. The van der Waals surface area contributed by atoms with E-state index < -0.39 is 0 Å². The number of rotatable bonds is 6. The van der Waals surface area contributed by atoms with Crippen LogP contribution in [0.3, 0.4) is 0 Å². The smallest absolute Gasteiger partial charge is 0.0299 e. The second-order valence-electron chi connectivity index (χ2n) is 4.67. The summed E-state index contributed by atoms with van der Waals surface area (Å²) in [6, 6.07) is 4.52. The van der Waals surface area contributed by atoms with Gasteiger partial charge in [-0.2, -0.15) is 0 Å². The molecular weight excluding hydrogens is 202 g/mol. The average molecular weight is 223 g/mol. The molecule has 1 aromatic rings. The normalized spacial score (nSPS) is 18.0. The number of hydrogen-bond acceptors (Lipinski definition) is 2. The minimum Gasteiger partial charge on any atom is -0.312 e. The summed E-state index contributed by atoms with van der Waals surface area (Å²) in [5, 5.41) is 3.57. The van der Waals surface area contributed by atoms with Crippen LogP contribution in [0.15, 0.2) is 12.1 Å². The van der Waals surface area contributed by atoms with Crippen LogP contribution in [0.2, 0.25) is 0 Å². The fraction of sp³-hybridized carbons (Fsp3) is 0.692. The molecular formula is C13H21NS. The highest BCUT2D eigenvalue weighted by atomic mass is 32.1. The zero-order chi connectivity index (χ0) is 10.7. The molecule has 0 bridgehead atoms. The Morgan fingerprint density at radius 1 is 1.40 bits per heavy atom. The van der Waals surface area contributed by atoms with Crippen molar-refractivity contribution in [2.75, 3.05) is 6.54 Å².